The van der Waals surface area contributed by atoms with E-state index in [-0.39, 0.29) is 10.7 Å². The van der Waals surface area contributed by atoms with Gasteiger partial charge in [0.15, 0.2) is 5.65 Å². The molecule has 2 aromatic heterocycles. The smallest absolute Gasteiger partial charge is 0.256 e. The average molecular weight is 333 g/mol. The van der Waals surface area contributed by atoms with Gasteiger partial charge in [0.1, 0.15) is 5.82 Å². The normalized spacial score (nSPS) is 11.0. The molecule has 0 unspecified atom stereocenters. The number of carbonyl (C=O) groups is 1. The number of rotatable bonds is 2. The summed E-state index contributed by atoms with van der Waals surface area (Å²) in [5, 5.41) is 7.79. The Morgan fingerprint density at radius 3 is 2.74 bits per heavy atom. The van der Waals surface area contributed by atoms with Gasteiger partial charge in [0.2, 0.25) is 0 Å². The minimum Gasteiger partial charge on any atom is -0.319 e. The van der Waals surface area contributed by atoms with Crippen molar-refractivity contribution in [3.8, 4) is 0 Å². The summed E-state index contributed by atoms with van der Waals surface area (Å²) >= 11 is 5.72. The maximum Gasteiger partial charge on any atom is 0.256 e. The molecule has 0 aliphatic carbocycles. The Kier molecular flexibility index (Phi) is 3.77. The van der Waals surface area contributed by atoms with Crippen molar-refractivity contribution in [3.63, 3.8) is 0 Å². The van der Waals surface area contributed by atoms with Crippen LogP contribution < -0.4 is 5.32 Å². The molecule has 1 amide bonds. The summed E-state index contributed by atoms with van der Waals surface area (Å²) in [4.78, 5) is 17.0. The van der Waals surface area contributed by atoms with Crippen LogP contribution in [0.25, 0.3) is 11.0 Å². The fourth-order valence-electron chi connectivity index (χ4n) is 2.53. The molecule has 0 fully saturated rings. The van der Waals surface area contributed by atoms with Gasteiger partial charge >= 0.3 is 0 Å². The number of carbonyl (C=O) groups excluding carboxylic acids is 1. The fraction of sp³-hybridized carbons (Fsp3) is 0.188. The number of halogens is 2. The molecule has 0 aliphatic rings. The third-order valence-corrected chi connectivity index (χ3v) is 3.76. The summed E-state index contributed by atoms with van der Waals surface area (Å²) in [6.07, 6.45) is 0. The second-order valence-corrected chi connectivity index (χ2v) is 5.73. The van der Waals surface area contributed by atoms with Crippen molar-refractivity contribution in [1.82, 2.24) is 14.8 Å². The topological polar surface area (TPSA) is 59.8 Å². The van der Waals surface area contributed by atoms with E-state index >= 15 is 0 Å². The molecule has 0 spiro atoms. The number of benzene rings is 1. The molecule has 3 aromatic rings. The maximum absolute atomic E-state index is 13.9. The van der Waals surface area contributed by atoms with Crippen LogP contribution in [0.3, 0.4) is 0 Å². The minimum absolute atomic E-state index is 0.0727. The van der Waals surface area contributed by atoms with E-state index in [9.17, 15) is 9.18 Å². The molecule has 1 N–H and O–H groups in total. The zero-order valence-corrected chi connectivity index (χ0v) is 13.6. The molecule has 1 aromatic carbocycles. The van der Waals surface area contributed by atoms with Gasteiger partial charge in [-0.2, -0.15) is 5.10 Å². The van der Waals surface area contributed by atoms with Crippen molar-refractivity contribution in [1.29, 1.82) is 0 Å². The van der Waals surface area contributed by atoms with Crippen molar-refractivity contribution in [3.05, 3.63) is 52.1 Å². The number of nitrogens with one attached hydrogen (secondary N) is 1. The first-order valence-corrected chi connectivity index (χ1v) is 7.32. The lowest BCUT2D eigenvalue weighted by atomic mass is 10.1. The molecule has 0 atom stereocenters. The predicted octanol–water partition coefficient (Wildman–Crippen LogP) is 3.63. The van der Waals surface area contributed by atoms with Gasteiger partial charge in [-0.1, -0.05) is 11.6 Å². The van der Waals surface area contributed by atoms with Gasteiger partial charge in [-0.05, 0) is 38.1 Å². The number of fused-ring (bicyclic) bond motifs is 1. The van der Waals surface area contributed by atoms with E-state index in [0.717, 1.165) is 6.07 Å². The SMILES string of the molecule is Cc1cc(C(=O)Nc2ccc(Cl)cc2F)c2c(C)nn(C)c2n1. The van der Waals surface area contributed by atoms with Gasteiger partial charge in [-0.3, -0.25) is 9.48 Å². The highest BCUT2D eigenvalue weighted by Gasteiger charge is 2.18. The van der Waals surface area contributed by atoms with Crippen LogP contribution in [0.2, 0.25) is 5.02 Å². The highest BCUT2D eigenvalue weighted by molar-refractivity contribution is 6.30. The largest absolute Gasteiger partial charge is 0.319 e. The van der Waals surface area contributed by atoms with Crippen LogP contribution in [0.5, 0.6) is 0 Å². The van der Waals surface area contributed by atoms with Gasteiger partial charge in [0, 0.05) is 17.8 Å². The van der Waals surface area contributed by atoms with E-state index in [1.54, 1.807) is 31.6 Å². The van der Waals surface area contributed by atoms with Crippen molar-refractivity contribution in [2.24, 2.45) is 7.05 Å². The van der Waals surface area contributed by atoms with Crippen molar-refractivity contribution in [2.75, 3.05) is 5.32 Å². The molecule has 118 valence electrons. The van der Waals surface area contributed by atoms with Crippen LogP contribution in [-0.4, -0.2) is 20.7 Å². The van der Waals surface area contributed by atoms with E-state index in [1.807, 2.05) is 0 Å². The molecule has 23 heavy (non-hydrogen) atoms. The number of hydrogen-bond acceptors (Lipinski definition) is 3. The number of pyridine rings is 1. The summed E-state index contributed by atoms with van der Waals surface area (Å²) < 4.78 is 15.5. The van der Waals surface area contributed by atoms with Gasteiger partial charge in [0.25, 0.3) is 5.91 Å². The Balaban J connectivity index is 2.07. The lowest BCUT2D eigenvalue weighted by Gasteiger charge is -2.09. The molecule has 0 bridgehead atoms. The molecule has 5 nitrogen and oxygen atoms in total. The molecule has 3 rings (SSSR count). The third-order valence-electron chi connectivity index (χ3n) is 3.52. The van der Waals surface area contributed by atoms with Crippen LogP contribution in [-0.2, 0) is 7.05 Å². The van der Waals surface area contributed by atoms with E-state index in [1.165, 1.54) is 12.1 Å². The number of aromatic nitrogens is 3. The molecule has 0 saturated carbocycles. The number of anilines is 1. The molecule has 0 saturated heterocycles. The maximum atomic E-state index is 13.9. The summed E-state index contributed by atoms with van der Waals surface area (Å²) in [5.41, 5.74) is 2.47. The minimum atomic E-state index is -0.587. The van der Waals surface area contributed by atoms with Crippen LogP contribution in [0.4, 0.5) is 10.1 Å². The summed E-state index contributed by atoms with van der Waals surface area (Å²) in [6, 6.07) is 5.76. The van der Waals surface area contributed by atoms with Gasteiger partial charge < -0.3 is 5.32 Å². The molecule has 2 heterocycles. The molecular weight excluding hydrogens is 319 g/mol. The number of amides is 1. The van der Waals surface area contributed by atoms with Crippen LogP contribution in [0.1, 0.15) is 21.7 Å². The van der Waals surface area contributed by atoms with Crippen molar-refractivity contribution in [2.45, 2.75) is 13.8 Å². The highest BCUT2D eigenvalue weighted by atomic mass is 35.5. The summed E-state index contributed by atoms with van der Waals surface area (Å²) in [7, 11) is 1.77. The van der Waals surface area contributed by atoms with Gasteiger partial charge in [-0.15, -0.1) is 0 Å². The second kappa shape index (κ2) is 5.62. The fourth-order valence-corrected chi connectivity index (χ4v) is 2.69. The first-order chi connectivity index (χ1) is 10.9. The first kappa shape index (κ1) is 15.4. The average Bonchev–Trinajstić information content (AvgIpc) is 2.76. The number of nitrogens with zero attached hydrogens (tertiary/aromatic N) is 3. The number of hydrogen-bond donors (Lipinski definition) is 1. The molecular formula is C16H14ClFN4O. The lowest BCUT2D eigenvalue weighted by Crippen LogP contribution is -2.14. The highest BCUT2D eigenvalue weighted by Crippen LogP contribution is 2.24. The predicted molar refractivity (Wildman–Crippen MR) is 87.3 cm³/mol. The van der Waals surface area contributed by atoms with Gasteiger partial charge in [0.05, 0.1) is 22.3 Å². The zero-order chi connectivity index (χ0) is 16.7. The van der Waals surface area contributed by atoms with Crippen LogP contribution >= 0.6 is 11.6 Å². The van der Waals surface area contributed by atoms with E-state index in [2.05, 4.69) is 15.4 Å². The van der Waals surface area contributed by atoms with Gasteiger partial charge in [-0.25, -0.2) is 9.37 Å². The second-order valence-electron chi connectivity index (χ2n) is 5.30. The Labute approximate surface area is 137 Å². The number of aryl methyl sites for hydroxylation is 3. The van der Waals surface area contributed by atoms with Crippen molar-refractivity contribution >= 4 is 34.2 Å². The third kappa shape index (κ3) is 2.77. The molecule has 7 heteroatoms. The van der Waals surface area contributed by atoms with Crippen LogP contribution in [0.15, 0.2) is 24.3 Å². The lowest BCUT2D eigenvalue weighted by molar-refractivity contribution is 0.102. The van der Waals surface area contributed by atoms with E-state index in [0.29, 0.717) is 28.0 Å². The summed E-state index contributed by atoms with van der Waals surface area (Å²) in [5.74, 6) is -1.01. The van der Waals surface area contributed by atoms with Crippen LogP contribution in [0, 0.1) is 19.7 Å². The Hall–Kier alpha value is -2.47. The summed E-state index contributed by atoms with van der Waals surface area (Å²) in [6.45, 7) is 3.60. The first-order valence-electron chi connectivity index (χ1n) is 6.94. The molecule has 0 aliphatic heterocycles. The van der Waals surface area contributed by atoms with E-state index in [4.69, 9.17) is 11.6 Å². The quantitative estimate of drug-likeness (QED) is 0.779. The standard InChI is InChI=1S/C16H14ClFN4O/c1-8-6-11(14-9(2)21-22(3)15(14)19-8)16(23)20-13-5-4-10(17)7-12(13)18/h4-7H,1-3H3,(H,20,23). The Morgan fingerprint density at radius 1 is 1.30 bits per heavy atom. The van der Waals surface area contributed by atoms with E-state index < -0.39 is 11.7 Å². The zero-order valence-electron chi connectivity index (χ0n) is 12.8. The van der Waals surface area contributed by atoms with Crippen molar-refractivity contribution < 1.29 is 9.18 Å². The Bertz CT molecular complexity index is 935. The monoisotopic (exact) mass is 332 g/mol. The molecule has 0 radical (unpaired) electrons. The Morgan fingerprint density at radius 2 is 2.04 bits per heavy atom.